The van der Waals surface area contributed by atoms with E-state index < -0.39 is 0 Å². The standard InChI is InChI=1S/C23H28N4O3/c1-17-15-21(19(3)27(17)22-16-18(2)30-24-22)23(28)26-11-9-25(10-12-26)13-14-29-20-7-5-4-6-8-20/h4-8,15-16H,9-14H2,1-3H3. The molecule has 158 valence electrons. The van der Waals surface area contributed by atoms with Crippen LogP contribution in [0.25, 0.3) is 5.82 Å². The van der Waals surface area contributed by atoms with Crippen LogP contribution in [0, 0.1) is 20.8 Å². The molecule has 1 saturated heterocycles. The van der Waals surface area contributed by atoms with Gasteiger partial charge in [0, 0.05) is 50.2 Å². The number of nitrogens with zero attached hydrogens (tertiary/aromatic N) is 4. The van der Waals surface area contributed by atoms with Crippen molar-refractivity contribution in [2.75, 3.05) is 39.3 Å². The Balaban J connectivity index is 1.33. The predicted octanol–water partition coefficient (Wildman–Crippen LogP) is 3.23. The Bertz CT molecular complexity index is 1000. The fourth-order valence-corrected chi connectivity index (χ4v) is 3.94. The van der Waals surface area contributed by atoms with Crippen LogP contribution in [-0.2, 0) is 0 Å². The molecule has 1 aliphatic rings. The Kier molecular flexibility index (Phi) is 5.90. The van der Waals surface area contributed by atoms with Crippen molar-refractivity contribution in [1.29, 1.82) is 0 Å². The molecule has 4 rings (SSSR count). The van der Waals surface area contributed by atoms with E-state index in [9.17, 15) is 4.79 Å². The topological polar surface area (TPSA) is 63.7 Å². The number of benzene rings is 1. The minimum Gasteiger partial charge on any atom is -0.492 e. The lowest BCUT2D eigenvalue weighted by Gasteiger charge is -2.34. The van der Waals surface area contributed by atoms with E-state index >= 15 is 0 Å². The molecule has 7 nitrogen and oxygen atoms in total. The molecule has 1 amide bonds. The number of piperazine rings is 1. The smallest absolute Gasteiger partial charge is 0.255 e. The highest BCUT2D eigenvalue weighted by Gasteiger charge is 2.26. The largest absolute Gasteiger partial charge is 0.492 e. The number of carbonyl (C=O) groups excluding carboxylic acids is 1. The first-order valence-corrected chi connectivity index (χ1v) is 10.3. The van der Waals surface area contributed by atoms with Crippen LogP contribution in [-0.4, -0.2) is 64.8 Å². The summed E-state index contributed by atoms with van der Waals surface area (Å²) in [5.41, 5.74) is 2.60. The third kappa shape index (κ3) is 4.26. The zero-order valence-electron chi connectivity index (χ0n) is 17.8. The first-order chi connectivity index (χ1) is 14.5. The van der Waals surface area contributed by atoms with Gasteiger partial charge in [0.25, 0.3) is 5.91 Å². The minimum absolute atomic E-state index is 0.0785. The van der Waals surface area contributed by atoms with Gasteiger partial charge in [-0.05, 0) is 39.0 Å². The lowest BCUT2D eigenvalue weighted by molar-refractivity contribution is 0.0619. The summed E-state index contributed by atoms with van der Waals surface area (Å²) in [6, 6.07) is 13.7. The second kappa shape index (κ2) is 8.75. The highest BCUT2D eigenvalue weighted by atomic mass is 16.5. The van der Waals surface area contributed by atoms with Gasteiger partial charge in [-0.1, -0.05) is 23.4 Å². The van der Waals surface area contributed by atoms with Gasteiger partial charge in [-0.15, -0.1) is 0 Å². The van der Waals surface area contributed by atoms with Crippen molar-refractivity contribution < 1.29 is 14.1 Å². The van der Waals surface area contributed by atoms with Crippen LogP contribution in [0.2, 0.25) is 0 Å². The number of hydrogen-bond donors (Lipinski definition) is 0. The second-order valence-corrected chi connectivity index (χ2v) is 7.71. The van der Waals surface area contributed by atoms with E-state index in [4.69, 9.17) is 9.26 Å². The summed E-state index contributed by atoms with van der Waals surface area (Å²) in [7, 11) is 0. The molecule has 1 aliphatic heterocycles. The molecular weight excluding hydrogens is 380 g/mol. The molecule has 3 aromatic rings. The van der Waals surface area contributed by atoms with Crippen molar-refractivity contribution in [2.24, 2.45) is 0 Å². The van der Waals surface area contributed by atoms with Crippen molar-refractivity contribution >= 4 is 5.91 Å². The average Bonchev–Trinajstić information content (AvgIpc) is 3.30. The lowest BCUT2D eigenvalue weighted by atomic mass is 10.2. The fourth-order valence-electron chi connectivity index (χ4n) is 3.94. The molecule has 1 aromatic carbocycles. The maximum absolute atomic E-state index is 13.2. The molecule has 30 heavy (non-hydrogen) atoms. The van der Waals surface area contributed by atoms with Gasteiger partial charge in [0.15, 0.2) is 5.82 Å². The van der Waals surface area contributed by atoms with Gasteiger partial charge in [0.1, 0.15) is 18.1 Å². The molecule has 0 saturated carbocycles. The quantitative estimate of drug-likeness (QED) is 0.627. The zero-order valence-corrected chi connectivity index (χ0v) is 17.8. The molecule has 1 fully saturated rings. The van der Waals surface area contributed by atoms with Gasteiger partial charge in [0.2, 0.25) is 0 Å². The molecule has 0 unspecified atom stereocenters. The summed E-state index contributed by atoms with van der Waals surface area (Å²) in [5, 5.41) is 4.10. The van der Waals surface area contributed by atoms with Gasteiger partial charge in [-0.2, -0.15) is 0 Å². The SMILES string of the molecule is Cc1cc(-n2c(C)cc(C(=O)N3CCN(CCOc4ccccc4)CC3)c2C)no1. The third-order valence-corrected chi connectivity index (χ3v) is 5.59. The van der Waals surface area contributed by atoms with Gasteiger partial charge >= 0.3 is 0 Å². The number of hydrogen-bond acceptors (Lipinski definition) is 5. The van der Waals surface area contributed by atoms with E-state index in [1.807, 2.05) is 72.7 Å². The van der Waals surface area contributed by atoms with E-state index in [1.54, 1.807) is 0 Å². The van der Waals surface area contributed by atoms with E-state index in [0.29, 0.717) is 12.4 Å². The molecule has 0 aliphatic carbocycles. The zero-order chi connectivity index (χ0) is 21.1. The first-order valence-electron chi connectivity index (χ1n) is 10.3. The second-order valence-electron chi connectivity index (χ2n) is 7.71. The highest BCUT2D eigenvalue weighted by Crippen LogP contribution is 2.22. The lowest BCUT2D eigenvalue weighted by Crippen LogP contribution is -2.49. The summed E-state index contributed by atoms with van der Waals surface area (Å²) in [4.78, 5) is 17.4. The fraction of sp³-hybridized carbons (Fsp3) is 0.391. The first kappa shape index (κ1) is 20.2. The van der Waals surface area contributed by atoms with Crippen molar-refractivity contribution in [3.8, 4) is 11.6 Å². The van der Waals surface area contributed by atoms with Gasteiger partial charge in [-0.25, -0.2) is 0 Å². The van der Waals surface area contributed by atoms with Crippen LogP contribution in [0.1, 0.15) is 27.5 Å². The monoisotopic (exact) mass is 408 g/mol. The Hall–Kier alpha value is -3.06. The van der Waals surface area contributed by atoms with E-state index in [0.717, 1.165) is 61.2 Å². The van der Waals surface area contributed by atoms with Crippen LogP contribution in [0.4, 0.5) is 0 Å². The molecule has 0 bridgehead atoms. The predicted molar refractivity (Wildman–Crippen MR) is 114 cm³/mol. The number of carbonyl (C=O) groups is 1. The molecule has 0 spiro atoms. The number of para-hydroxylation sites is 1. The van der Waals surface area contributed by atoms with Crippen LogP contribution in [0.15, 0.2) is 47.0 Å². The molecule has 0 N–H and O–H groups in total. The summed E-state index contributed by atoms with van der Waals surface area (Å²) >= 11 is 0. The van der Waals surface area contributed by atoms with Crippen molar-refractivity contribution in [2.45, 2.75) is 20.8 Å². The number of amides is 1. The molecule has 2 aromatic heterocycles. The summed E-state index contributed by atoms with van der Waals surface area (Å²) in [6.07, 6.45) is 0. The van der Waals surface area contributed by atoms with E-state index in [2.05, 4.69) is 10.1 Å². The van der Waals surface area contributed by atoms with Crippen LogP contribution in [0.3, 0.4) is 0 Å². The molecule has 0 radical (unpaired) electrons. The molecular formula is C23H28N4O3. The number of ether oxygens (including phenoxy) is 1. The Morgan fingerprint density at radius 2 is 1.80 bits per heavy atom. The number of aryl methyl sites for hydroxylation is 2. The molecule has 7 heteroatoms. The maximum atomic E-state index is 13.2. The van der Waals surface area contributed by atoms with Gasteiger partial charge in [-0.3, -0.25) is 14.3 Å². The Morgan fingerprint density at radius 3 is 2.47 bits per heavy atom. The average molecular weight is 409 g/mol. The summed E-state index contributed by atoms with van der Waals surface area (Å²) in [5.74, 6) is 2.43. The third-order valence-electron chi connectivity index (χ3n) is 5.59. The van der Waals surface area contributed by atoms with Crippen LogP contribution >= 0.6 is 0 Å². The maximum Gasteiger partial charge on any atom is 0.255 e. The van der Waals surface area contributed by atoms with Gasteiger partial charge in [0.05, 0.1) is 5.56 Å². The normalized spacial score (nSPS) is 14.8. The van der Waals surface area contributed by atoms with Crippen molar-refractivity contribution in [3.05, 3.63) is 65.2 Å². The van der Waals surface area contributed by atoms with E-state index in [1.165, 1.54) is 0 Å². The number of aromatic nitrogens is 2. The minimum atomic E-state index is 0.0785. The molecule has 0 atom stereocenters. The molecule has 3 heterocycles. The van der Waals surface area contributed by atoms with Crippen LogP contribution < -0.4 is 4.74 Å². The van der Waals surface area contributed by atoms with Crippen molar-refractivity contribution in [1.82, 2.24) is 19.5 Å². The Labute approximate surface area is 176 Å². The van der Waals surface area contributed by atoms with Crippen LogP contribution in [0.5, 0.6) is 5.75 Å². The van der Waals surface area contributed by atoms with Crippen molar-refractivity contribution in [3.63, 3.8) is 0 Å². The Morgan fingerprint density at radius 1 is 1.07 bits per heavy atom. The van der Waals surface area contributed by atoms with Gasteiger partial charge < -0.3 is 14.2 Å². The summed E-state index contributed by atoms with van der Waals surface area (Å²) in [6.45, 7) is 10.5. The highest BCUT2D eigenvalue weighted by molar-refractivity contribution is 5.96. The number of rotatable bonds is 6. The summed E-state index contributed by atoms with van der Waals surface area (Å²) < 4.78 is 13.0. The van der Waals surface area contributed by atoms with E-state index in [-0.39, 0.29) is 5.91 Å².